The summed E-state index contributed by atoms with van der Waals surface area (Å²) in [5, 5.41) is 4.82. The molecule has 1 atom stereocenters. The molecule has 0 radical (unpaired) electrons. The van der Waals surface area contributed by atoms with Gasteiger partial charge in [0, 0.05) is 35.9 Å². The Balaban J connectivity index is 1.89. The van der Waals surface area contributed by atoms with E-state index in [9.17, 15) is 0 Å². The minimum atomic E-state index is -0.341. The van der Waals surface area contributed by atoms with Gasteiger partial charge < -0.3 is 14.6 Å². The Hall–Kier alpha value is -3.70. The standard InChI is InChI=1S/C37H44FN3O/c1-20(2)16-21(3)31-17-27(12-13-39-31)32-19-29-34(28-18-30(38)24(6)22(4)23(28)5)33(26(8)42-37(9,10)11)25(7)35-36(29)41(32)15-14-40-35/h12-13,16-19,26,40H,1,14-15H2,2-11H3/b21-16+. The zero-order valence-electron chi connectivity index (χ0n) is 26.8. The fourth-order valence-electron chi connectivity index (χ4n) is 6.54. The lowest BCUT2D eigenvalue weighted by Crippen LogP contribution is -2.23. The fraction of sp³-hybridized carbons (Fsp3) is 0.378. The first-order chi connectivity index (χ1) is 19.7. The lowest BCUT2D eigenvalue weighted by atomic mass is 9.84. The highest BCUT2D eigenvalue weighted by Crippen LogP contribution is 2.49. The maximum Gasteiger partial charge on any atom is 0.127 e. The van der Waals surface area contributed by atoms with Gasteiger partial charge in [-0.2, -0.15) is 0 Å². The van der Waals surface area contributed by atoms with E-state index >= 15 is 4.39 Å². The molecule has 0 amide bonds. The van der Waals surface area contributed by atoms with Crippen LogP contribution in [0.15, 0.2) is 48.7 Å². The molecular weight excluding hydrogens is 521 g/mol. The molecule has 220 valence electrons. The van der Waals surface area contributed by atoms with Crippen molar-refractivity contribution in [1.29, 1.82) is 0 Å². The van der Waals surface area contributed by atoms with Gasteiger partial charge in [-0.1, -0.05) is 18.2 Å². The number of allylic oxidation sites excluding steroid dienone is 3. The van der Waals surface area contributed by atoms with E-state index in [1.54, 1.807) is 6.07 Å². The maximum atomic E-state index is 15.5. The lowest BCUT2D eigenvalue weighted by molar-refractivity contribution is -0.0528. The van der Waals surface area contributed by atoms with Crippen LogP contribution in [0, 0.1) is 33.5 Å². The number of hydrogen-bond acceptors (Lipinski definition) is 3. The Morgan fingerprint density at radius 2 is 1.79 bits per heavy atom. The molecule has 4 aromatic rings. The van der Waals surface area contributed by atoms with E-state index in [-0.39, 0.29) is 17.5 Å². The average molecular weight is 566 g/mol. The van der Waals surface area contributed by atoms with Gasteiger partial charge >= 0.3 is 0 Å². The van der Waals surface area contributed by atoms with Crippen molar-refractivity contribution >= 4 is 22.2 Å². The predicted molar refractivity (Wildman–Crippen MR) is 176 cm³/mol. The largest absolute Gasteiger partial charge is 0.381 e. The quantitative estimate of drug-likeness (QED) is 0.236. The van der Waals surface area contributed by atoms with Crippen molar-refractivity contribution in [2.75, 3.05) is 11.9 Å². The summed E-state index contributed by atoms with van der Waals surface area (Å²) in [6.45, 7) is 26.3. The van der Waals surface area contributed by atoms with Crippen molar-refractivity contribution in [1.82, 2.24) is 9.55 Å². The number of benzene rings is 2. The van der Waals surface area contributed by atoms with Gasteiger partial charge in [-0.3, -0.25) is 4.98 Å². The zero-order valence-corrected chi connectivity index (χ0v) is 26.8. The van der Waals surface area contributed by atoms with E-state index < -0.39 is 0 Å². The highest BCUT2D eigenvalue weighted by molar-refractivity contribution is 6.08. The Morgan fingerprint density at radius 3 is 2.45 bits per heavy atom. The van der Waals surface area contributed by atoms with Crippen LogP contribution in [0.4, 0.5) is 10.1 Å². The summed E-state index contributed by atoms with van der Waals surface area (Å²) in [6.07, 6.45) is 3.74. The summed E-state index contributed by atoms with van der Waals surface area (Å²) in [7, 11) is 0. The summed E-state index contributed by atoms with van der Waals surface area (Å²) >= 11 is 0. The molecule has 3 heterocycles. The van der Waals surface area contributed by atoms with E-state index in [1.807, 2.05) is 27.0 Å². The van der Waals surface area contributed by atoms with E-state index in [1.165, 1.54) is 0 Å². The Morgan fingerprint density at radius 1 is 1.07 bits per heavy atom. The molecule has 42 heavy (non-hydrogen) atoms. The summed E-state index contributed by atoms with van der Waals surface area (Å²) in [6, 6.07) is 8.26. The summed E-state index contributed by atoms with van der Waals surface area (Å²) in [4.78, 5) is 4.66. The molecule has 1 aliphatic heterocycles. The van der Waals surface area contributed by atoms with Gasteiger partial charge in [-0.25, -0.2) is 4.39 Å². The second kappa shape index (κ2) is 10.9. The van der Waals surface area contributed by atoms with Crippen molar-refractivity contribution in [3.8, 4) is 22.4 Å². The smallest absolute Gasteiger partial charge is 0.127 e. The molecule has 4 nitrogen and oxygen atoms in total. The molecule has 1 unspecified atom stereocenters. The molecule has 0 fully saturated rings. The third-order valence-corrected chi connectivity index (χ3v) is 8.58. The van der Waals surface area contributed by atoms with Crippen molar-refractivity contribution in [2.45, 2.75) is 87.5 Å². The van der Waals surface area contributed by atoms with Crippen molar-refractivity contribution in [3.63, 3.8) is 0 Å². The third kappa shape index (κ3) is 5.20. The van der Waals surface area contributed by atoms with Gasteiger partial charge in [0.25, 0.3) is 0 Å². The zero-order chi connectivity index (χ0) is 30.7. The van der Waals surface area contributed by atoms with Crippen LogP contribution < -0.4 is 5.32 Å². The highest BCUT2D eigenvalue weighted by atomic mass is 19.1. The van der Waals surface area contributed by atoms with E-state index in [0.717, 1.165) is 91.2 Å². The Bertz CT molecular complexity index is 1770. The summed E-state index contributed by atoms with van der Waals surface area (Å²) in [5.74, 6) is -0.179. The second-order valence-corrected chi connectivity index (χ2v) is 12.9. The van der Waals surface area contributed by atoms with Crippen LogP contribution in [-0.2, 0) is 11.3 Å². The van der Waals surface area contributed by atoms with Gasteiger partial charge in [0.15, 0.2) is 0 Å². The monoisotopic (exact) mass is 565 g/mol. The third-order valence-electron chi connectivity index (χ3n) is 8.58. The van der Waals surface area contributed by atoms with E-state index in [4.69, 9.17) is 4.74 Å². The molecule has 0 bridgehead atoms. The number of ether oxygens (including phenoxy) is 1. The molecule has 5 heteroatoms. The van der Waals surface area contributed by atoms with Crippen molar-refractivity contribution in [2.24, 2.45) is 0 Å². The van der Waals surface area contributed by atoms with Gasteiger partial charge in [0.2, 0.25) is 0 Å². The van der Waals surface area contributed by atoms with Gasteiger partial charge in [0.1, 0.15) is 5.82 Å². The first-order valence-electron chi connectivity index (χ1n) is 14.9. The fourth-order valence-corrected chi connectivity index (χ4v) is 6.54. The van der Waals surface area contributed by atoms with E-state index in [2.05, 4.69) is 94.2 Å². The molecule has 2 aromatic heterocycles. The number of halogens is 1. The SMILES string of the molecule is C=C(C)/C=C(\C)c1cc(-c2cc3c(-c4cc(F)c(C)c(C)c4C)c(C(C)OC(C)(C)C)c(C)c4c3n2CCN4)ccn1. The number of nitrogens with one attached hydrogen (secondary N) is 1. The van der Waals surface area contributed by atoms with Crippen molar-refractivity contribution < 1.29 is 9.13 Å². The summed E-state index contributed by atoms with van der Waals surface area (Å²) < 4.78 is 24.5. The van der Waals surface area contributed by atoms with Crippen LogP contribution in [0.3, 0.4) is 0 Å². The predicted octanol–water partition coefficient (Wildman–Crippen LogP) is 10.0. The molecule has 5 rings (SSSR count). The number of hydrogen-bond donors (Lipinski definition) is 1. The number of rotatable bonds is 6. The minimum Gasteiger partial charge on any atom is -0.381 e. The molecule has 0 saturated carbocycles. The van der Waals surface area contributed by atoms with Gasteiger partial charge in [-0.15, -0.1) is 0 Å². The number of anilines is 1. The number of pyridine rings is 1. The average Bonchev–Trinajstić information content (AvgIpc) is 3.30. The van der Waals surface area contributed by atoms with Crippen LogP contribution in [-0.4, -0.2) is 21.7 Å². The summed E-state index contributed by atoms with van der Waals surface area (Å²) in [5.41, 5.74) is 14.2. The normalized spacial score (nSPS) is 14.3. The highest BCUT2D eigenvalue weighted by Gasteiger charge is 2.30. The first-order valence-corrected chi connectivity index (χ1v) is 14.9. The number of nitrogens with zero attached hydrogens (tertiary/aromatic N) is 2. The van der Waals surface area contributed by atoms with E-state index in [0.29, 0.717) is 5.56 Å². The van der Waals surface area contributed by atoms with Gasteiger partial charge in [0.05, 0.1) is 28.6 Å². The van der Waals surface area contributed by atoms with Crippen LogP contribution in [0.25, 0.3) is 38.9 Å². The van der Waals surface area contributed by atoms with Crippen molar-refractivity contribution in [3.05, 3.63) is 88.0 Å². The molecule has 0 aliphatic carbocycles. The molecular formula is C37H44FN3O. The topological polar surface area (TPSA) is 39.1 Å². The first kappa shape index (κ1) is 29.8. The lowest BCUT2D eigenvalue weighted by Gasteiger charge is -2.31. The molecule has 1 N–H and O–H groups in total. The Kier molecular flexibility index (Phi) is 7.69. The molecule has 2 aromatic carbocycles. The molecule has 0 spiro atoms. The molecule has 1 aliphatic rings. The Labute approximate surface area is 250 Å². The minimum absolute atomic E-state index is 0.179. The van der Waals surface area contributed by atoms with Crippen LogP contribution in [0.5, 0.6) is 0 Å². The second-order valence-electron chi connectivity index (χ2n) is 12.9. The van der Waals surface area contributed by atoms with Crippen LogP contribution in [0.2, 0.25) is 0 Å². The van der Waals surface area contributed by atoms with Gasteiger partial charge in [-0.05, 0) is 138 Å². The maximum absolute atomic E-state index is 15.5. The number of aromatic nitrogens is 2. The van der Waals surface area contributed by atoms with Crippen LogP contribution >= 0.6 is 0 Å². The molecule has 0 saturated heterocycles. The van der Waals surface area contributed by atoms with Crippen LogP contribution in [0.1, 0.15) is 81.2 Å².